The Morgan fingerprint density at radius 3 is 2.21 bits per heavy atom. The van der Waals surface area contributed by atoms with Gasteiger partial charge < -0.3 is 4.74 Å². The molecule has 0 spiro atoms. The lowest BCUT2D eigenvalue weighted by atomic mass is 10.1. The van der Waals surface area contributed by atoms with Crippen LogP contribution in [0.2, 0.25) is 5.02 Å². The van der Waals surface area contributed by atoms with Crippen LogP contribution in [0, 0.1) is 0 Å². The fourth-order valence-corrected chi connectivity index (χ4v) is 2.38. The number of alkyl halides is 1. The minimum absolute atomic E-state index is 0.539. The van der Waals surface area contributed by atoms with E-state index in [4.69, 9.17) is 16.3 Å². The average molecular weight is 340 g/mol. The van der Waals surface area contributed by atoms with Gasteiger partial charge in [0, 0.05) is 5.33 Å². The molecule has 0 saturated heterocycles. The fourth-order valence-electron chi connectivity index (χ4n) is 1.78. The van der Waals surface area contributed by atoms with Crippen molar-refractivity contribution in [3.63, 3.8) is 0 Å². The number of rotatable bonds is 5. The van der Waals surface area contributed by atoms with Gasteiger partial charge in [0.15, 0.2) is 0 Å². The maximum atomic E-state index is 6.18. The number of halogens is 2. The van der Waals surface area contributed by atoms with Crippen molar-refractivity contribution in [2.45, 2.75) is 25.3 Å². The highest BCUT2D eigenvalue weighted by Crippen LogP contribution is 2.27. The molecule has 0 saturated carbocycles. The highest BCUT2D eigenvalue weighted by Gasteiger charge is 2.03. The molecule has 0 aliphatic rings. The summed E-state index contributed by atoms with van der Waals surface area (Å²) in [5.74, 6) is 0.728. The van der Waals surface area contributed by atoms with E-state index >= 15 is 0 Å². The van der Waals surface area contributed by atoms with E-state index in [0.29, 0.717) is 11.6 Å². The molecule has 0 heterocycles. The summed E-state index contributed by atoms with van der Waals surface area (Å²) in [7, 11) is 0. The third kappa shape index (κ3) is 3.99. The van der Waals surface area contributed by atoms with Gasteiger partial charge in [-0.05, 0) is 35.2 Å². The molecule has 0 N–H and O–H groups in total. The van der Waals surface area contributed by atoms with Gasteiger partial charge in [-0.25, -0.2) is 0 Å². The molecule has 0 aliphatic heterocycles. The normalized spacial score (nSPS) is 10.5. The first-order valence-corrected chi connectivity index (χ1v) is 7.78. The molecule has 2 rings (SSSR count). The molecule has 19 heavy (non-hydrogen) atoms. The van der Waals surface area contributed by atoms with Crippen LogP contribution in [0.1, 0.15) is 23.6 Å². The van der Waals surface area contributed by atoms with Gasteiger partial charge in [-0.1, -0.05) is 64.8 Å². The Labute approximate surface area is 127 Å². The van der Waals surface area contributed by atoms with Gasteiger partial charge in [-0.2, -0.15) is 0 Å². The van der Waals surface area contributed by atoms with Crippen LogP contribution in [0.4, 0.5) is 0 Å². The van der Waals surface area contributed by atoms with Gasteiger partial charge in [0.25, 0.3) is 0 Å². The zero-order valence-corrected chi connectivity index (χ0v) is 13.2. The first-order valence-electron chi connectivity index (χ1n) is 6.28. The van der Waals surface area contributed by atoms with Crippen LogP contribution in [-0.4, -0.2) is 0 Å². The largest absolute Gasteiger partial charge is 0.487 e. The molecule has 2 aromatic carbocycles. The van der Waals surface area contributed by atoms with Gasteiger partial charge in [0.2, 0.25) is 0 Å². The Balaban J connectivity index is 2.01. The second-order valence-corrected chi connectivity index (χ2v) is 5.33. The van der Waals surface area contributed by atoms with Crippen LogP contribution in [0.3, 0.4) is 0 Å². The summed E-state index contributed by atoms with van der Waals surface area (Å²) < 4.78 is 5.75. The van der Waals surface area contributed by atoms with Crippen molar-refractivity contribution < 1.29 is 4.74 Å². The zero-order chi connectivity index (χ0) is 13.7. The molecule has 100 valence electrons. The van der Waals surface area contributed by atoms with E-state index in [-0.39, 0.29) is 0 Å². The lowest BCUT2D eigenvalue weighted by Gasteiger charge is -2.09. The minimum Gasteiger partial charge on any atom is -0.487 e. The van der Waals surface area contributed by atoms with Crippen molar-refractivity contribution >= 4 is 27.5 Å². The van der Waals surface area contributed by atoms with Gasteiger partial charge in [-0.15, -0.1) is 0 Å². The monoisotopic (exact) mass is 338 g/mol. The fraction of sp³-hybridized carbons (Fsp3) is 0.250. The number of aryl methyl sites for hydroxylation is 1. The summed E-state index contributed by atoms with van der Waals surface area (Å²) >= 11 is 9.58. The number of hydrogen-bond acceptors (Lipinski definition) is 1. The predicted octanol–water partition coefficient (Wildman–Crippen LogP) is 5.38. The van der Waals surface area contributed by atoms with Crippen LogP contribution < -0.4 is 4.74 Å². The topological polar surface area (TPSA) is 9.23 Å². The molecule has 0 bridgehead atoms. The molecular formula is C16H16BrClO. The molecule has 0 aromatic heterocycles. The molecule has 0 fully saturated rings. The van der Waals surface area contributed by atoms with E-state index in [2.05, 4.69) is 47.1 Å². The predicted molar refractivity (Wildman–Crippen MR) is 84.2 cm³/mol. The summed E-state index contributed by atoms with van der Waals surface area (Å²) in [6.07, 6.45) is 1.06. The average Bonchev–Trinajstić information content (AvgIpc) is 2.46. The molecule has 0 unspecified atom stereocenters. The molecule has 0 amide bonds. The Hall–Kier alpha value is -0.990. The highest BCUT2D eigenvalue weighted by atomic mass is 79.9. The Kier molecular flexibility index (Phi) is 5.29. The molecule has 0 atom stereocenters. The maximum Gasteiger partial charge on any atom is 0.138 e. The summed E-state index contributed by atoms with van der Waals surface area (Å²) in [5, 5.41) is 1.45. The summed E-state index contributed by atoms with van der Waals surface area (Å²) in [6, 6.07) is 14.3. The SMILES string of the molecule is CCc1ccc(COc2ccc(CBr)cc2Cl)cc1. The summed E-state index contributed by atoms with van der Waals surface area (Å²) in [6.45, 7) is 2.69. The van der Waals surface area contributed by atoms with Crippen molar-refractivity contribution in [2.75, 3.05) is 0 Å². The molecular weight excluding hydrogens is 324 g/mol. The molecule has 0 aliphatic carbocycles. The first kappa shape index (κ1) is 14.4. The Bertz CT molecular complexity index is 537. The van der Waals surface area contributed by atoms with Gasteiger partial charge >= 0.3 is 0 Å². The van der Waals surface area contributed by atoms with E-state index in [9.17, 15) is 0 Å². The van der Waals surface area contributed by atoms with Gasteiger partial charge in [-0.3, -0.25) is 0 Å². The minimum atomic E-state index is 0.539. The third-order valence-electron chi connectivity index (χ3n) is 2.98. The highest BCUT2D eigenvalue weighted by molar-refractivity contribution is 9.08. The summed E-state index contributed by atoms with van der Waals surface area (Å²) in [5.41, 5.74) is 3.63. The second-order valence-electron chi connectivity index (χ2n) is 4.36. The molecule has 3 heteroatoms. The van der Waals surface area contributed by atoms with Crippen molar-refractivity contribution in [2.24, 2.45) is 0 Å². The first-order chi connectivity index (χ1) is 9.22. The Morgan fingerprint density at radius 2 is 1.63 bits per heavy atom. The van der Waals surface area contributed by atoms with Crippen LogP contribution in [0.25, 0.3) is 0 Å². The lowest BCUT2D eigenvalue weighted by Crippen LogP contribution is -1.96. The summed E-state index contributed by atoms with van der Waals surface area (Å²) in [4.78, 5) is 0. The zero-order valence-electron chi connectivity index (χ0n) is 10.8. The van der Waals surface area contributed by atoms with E-state index in [1.807, 2.05) is 18.2 Å². The van der Waals surface area contributed by atoms with Crippen LogP contribution in [0.5, 0.6) is 5.75 Å². The van der Waals surface area contributed by atoms with Crippen LogP contribution in [-0.2, 0) is 18.4 Å². The van der Waals surface area contributed by atoms with Crippen LogP contribution in [0.15, 0.2) is 42.5 Å². The van der Waals surface area contributed by atoms with E-state index in [0.717, 1.165) is 28.6 Å². The second kappa shape index (κ2) is 6.97. The quantitative estimate of drug-likeness (QED) is 0.665. The molecule has 0 radical (unpaired) electrons. The van der Waals surface area contributed by atoms with E-state index in [1.54, 1.807) is 0 Å². The van der Waals surface area contributed by atoms with E-state index in [1.165, 1.54) is 5.56 Å². The molecule has 2 aromatic rings. The van der Waals surface area contributed by atoms with Crippen molar-refractivity contribution in [1.82, 2.24) is 0 Å². The van der Waals surface area contributed by atoms with Crippen molar-refractivity contribution in [1.29, 1.82) is 0 Å². The standard InChI is InChI=1S/C16H16BrClO/c1-2-12-3-5-13(6-4-12)11-19-16-8-7-14(10-17)9-15(16)18/h3-9H,2,10-11H2,1H3. The van der Waals surface area contributed by atoms with Gasteiger partial charge in [0.05, 0.1) is 5.02 Å². The molecule has 1 nitrogen and oxygen atoms in total. The number of hydrogen-bond donors (Lipinski definition) is 0. The van der Waals surface area contributed by atoms with Crippen molar-refractivity contribution in [3.8, 4) is 5.75 Å². The van der Waals surface area contributed by atoms with E-state index < -0.39 is 0 Å². The maximum absolute atomic E-state index is 6.18. The Morgan fingerprint density at radius 1 is 1.00 bits per heavy atom. The van der Waals surface area contributed by atoms with Gasteiger partial charge in [0.1, 0.15) is 12.4 Å². The van der Waals surface area contributed by atoms with Crippen LogP contribution >= 0.6 is 27.5 Å². The number of ether oxygens (including phenoxy) is 1. The lowest BCUT2D eigenvalue weighted by molar-refractivity contribution is 0.306. The third-order valence-corrected chi connectivity index (χ3v) is 3.92. The van der Waals surface area contributed by atoms with Crippen molar-refractivity contribution in [3.05, 3.63) is 64.2 Å². The smallest absolute Gasteiger partial charge is 0.138 e. The number of benzene rings is 2.